The van der Waals surface area contributed by atoms with Crippen LogP contribution in [0.1, 0.15) is 39.2 Å². The minimum Gasteiger partial charge on any atom is -0.395 e. The monoisotopic (exact) mass is 477 g/mol. The average Bonchev–Trinajstić information content (AvgIpc) is 3.26. The summed E-state index contributed by atoms with van der Waals surface area (Å²) in [5.74, 6) is -2.51. The number of aryl methyl sites for hydroxylation is 1. The maximum Gasteiger partial charge on any atom is 0.250 e. The van der Waals surface area contributed by atoms with E-state index in [0.29, 0.717) is 23.7 Å². The van der Waals surface area contributed by atoms with E-state index in [4.69, 9.17) is 16.3 Å². The number of nitrogens with zero attached hydrogens (tertiary/aromatic N) is 1. The number of rotatable bonds is 7. The first kappa shape index (κ1) is 24.0. The number of para-hydroxylation sites is 1. The van der Waals surface area contributed by atoms with E-state index < -0.39 is 35.0 Å². The molecule has 3 fully saturated rings. The number of aliphatic hydroxyl groups excluding tert-OH is 1. The molecule has 0 aromatic heterocycles. The van der Waals surface area contributed by atoms with Crippen LogP contribution in [0, 0.1) is 24.7 Å². The third kappa shape index (κ3) is 3.45. The Kier molecular flexibility index (Phi) is 6.22. The SMILES string of the molecule is CCCNC(=O)[C@@H]1[C@H]2C(=O)N(CCO)C(C(=O)Nc3c(C)cccc3Cl)C23CC(C)[C@@]1(C)O3. The van der Waals surface area contributed by atoms with Crippen molar-refractivity contribution < 1.29 is 24.2 Å². The van der Waals surface area contributed by atoms with Crippen LogP contribution >= 0.6 is 11.6 Å². The molecular weight excluding hydrogens is 446 g/mol. The van der Waals surface area contributed by atoms with Gasteiger partial charge in [0.05, 0.1) is 34.8 Å². The summed E-state index contributed by atoms with van der Waals surface area (Å²) in [5.41, 5.74) is -0.739. The first-order chi connectivity index (χ1) is 15.6. The molecule has 0 saturated carbocycles. The molecule has 3 aliphatic heterocycles. The zero-order chi connectivity index (χ0) is 24.1. The third-order valence-electron chi connectivity index (χ3n) is 7.71. The number of hydrogen-bond donors (Lipinski definition) is 3. The largest absolute Gasteiger partial charge is 0.395 e. The molecule has 3 heterocycles. The van der Waals surface area contributed by atoms with Crippen LogP contribution in [-0.2, 0) is 19.1 Å². The van der Waals surface area contributed by atoms with Crippen molar-refractivity contribution in [2.24, 2.45) is 17.8 Å². The number of β-amino-alcohol motifs (C(OH)–C–C–N with tert-alkyl or cyclic N) is 1. The summed E-state index contributed by atoms with van der Waals surface area (Å²) in [4.78, 5) is 42.0. The molecular formula is C24H32ClN3O5. The number of hydrogen-bond acceptors (Lipinski definition) is 5. The number of fused-ring (bicyclic) bond motifs is 1. The molecule has 0 radical (unpaired) electrons. The van der Waals surface area contributed by atoms with E-state index in [-0.39, 0.29) is 30.9 Å². The van der Waals surface area contributed by atoms with Crippen molar-refractivity contribution in [1.82, 2.24) is 10.2 Å². The summed E-state index contributed by atoms with van der Waals surface area (Å²) in [6, 6.07) is 4.34. The van der Waals surface area contributed by atoms with Gasteiger partial charge in [-0.05, 0) is 44.2 Å². The van der Waals surface area contributed by atoms with Gasteiger partial charge in [0.1, 0.15) is 11.6 Å². The molecule has 3 saturated heterocycles. The first-order valence-electron chi connectivity index (χ1n) is 11.6. The van der Waals surface area contributed by atoms with Crippen LogP contribution in [0.25, 0.3) is 0 Å². The normalized spacial score (nSPS) is 34.5. The molecule has 3 amide bonds. The molecule has 4 rings (SSSR count). The molecule has 3 aliphatic rings. The van der Waals surface area contributed by atoms with E-state index in [9.17, 15) is 19.5 Å². The quantitative estimate of drug-likeness (QED) is 0.557. The van der Waals surface area contributed by atoms with Crippen LogP contribution in [0.5, 0.6) is 0 Å². The lowest BCUT2D eigenvalue weighted by Crippen LogP contribution is -2.54. The maximum atomic E-state index is 13.7. The van der Waals surface area contributed by atoms with Crippen LogP contribution in [0.2, 0.25) is 5.02 Å². The molecule has 2 bridgehead atoms. The van der Waals surface area contributed by atoms with Gasteiger partial charge in [-0.15, -0.1) is 0 Å². The van der Waals surface area contributed by atoms with Gasteiger partial charge in [0.2, 0.25) is 17.7 Å². The number of benzene rings is 1. The summed E-state index contributed by atoms with van der Waals surface area (Å²) in [6.45, 7) is 7.85. The van der Waals surface area contributed by atoms with Gasteiger partial charge in [-0.2, -0.15) is 0 Å². The van der Waals surface area contributed by atoms with Crippen LogP contribution < -0.4 is 10.6 Å². The van der Waals surface area contributed by atoms with Crippen LogP contribution in [0.4, 0.5) is 5.69 Å². The summed E-state index contributed by atoms with van der Waals surface area (Å²) in [5, 5.41) is 15.9. The second kappa shape index (κ2) is 8.56. The van der Waals surface area contributed by atoms with E-state index in [1.165, 1.54) is 4.90 Å². The standard InChI is InChI=1S/C24H32ClN3O5/c1-5-9-26-20(30)16-17-22(32)28(10-11-29)19(24(17)12-14(3)23(16,4)33-24)21(31)27-18-13(2)7-6-8-15(18)25/h6-8,14,16-17,19,29H,5,9-12H2,1-4H3,(H,26,30)(H,27,31)/t14?,16-,17-,19?,23+,24?/m0/s1. The molecule has 3 unspecified atom stereocenters. The number of amides is 3. The molecule has 6 atom stereocenters. The van der Waals surface area contributed by atoms with E-state index >= 15 is 0 Å². The molecule has 1 aromatic rings. The van der Waals surface area contributed by atoms with Gasteiger partial charge in [0, 0.05) is 13.1 Å². The molecule has 1 aromatic carbocycles. The second-order valence-corrected chi connectivity index (χ2v) is 10.1. The Balaban J connectivity index is 1.76. The maximum absolute atomic E-state index is 13.7. The molecule has 1 spiro atoms. The highest BCUT2D eigenvalue weighted by atomic mass is 35.5. The summed E-state index contributed by atoms with van der Waals surface area (Å²) >= 11 is 6.33. The lowest BCUT2D eigenvalue weighted by molar-refractivity contribution is -0.146. The number of carbonyl (C=O) groups excluding carboxylic acids is 3. The second-order valence-electron chi connectivity index (χ2n) is 9.67. The number of halogens is 1. The third-order valence-corrected chi connectivity index (χ3v) is 8.02. The molecule has 180 valence electrons. The minimum absolute atomic E-state index is 0.0194. The molecule has 8 nitrogen and oxygen atoms in total. The van der Waals surface area contributed by atoms with Crippen molar-refractivity contribution in [3.05, 3.63) is 28.8 Å². The van der Waals surface area contributed by atoms with Crippen LogP contribution in [0.3, 0.4) is 0 Å². The van der Waals surface area contributed by atoms with Crippen LogP contribution in [0.15, 0.2) is 18.2 Å². The van der Waals surface area contributed by atoms with Gasteiger partial charge in [0.15, 0.2) is 0 Å². The van der Waals surface area contributed by atoms with Crippen molar-refractivity contribution in [2.75, 3.05) is 25.0 Å². The van der Waals surface area contributed by atoms with E-state index in [0.717, 1.165) is 12.0 Å². The fourth-order valence-corrected chi connectivity index (χ4v) is 6.40. The number of ether oxygens (including phenoxy) is 1. The summed E-state index contributed by atoms with van der Waals surface area (Å²) < 4.78 is 6.58. The first-order valence-corrected chi connectivity index (χ1v) is 11.9. The van der Waals surface area contributed by atoms with Crippen molar-refractivity contribution in [3.63, 3.8) is 0 Å². The summed E-state index contributed by atoms with van der Waals surface area (Å²) in [7, 11) is 0. The van der Waals surface area contributed by atoms with Crippen molar-refractivity contribution >= 4 is 35.0 Å². The van der Waals surface area contributed by atoms with Crippen molar-refractivity contribution in [2.45, 2.75) is 57.8 Å². The highest BCUT2D eigenvalue weighted by Gasteiger charge is 2.79. The smallest absolute Gasteiger partial charge is 0.250 e. The predicted octanol–water partition coefficient (Wildman–Crippen LogP) is 2.12. The lowest BCUT2D eigenvalue weighted by atomic mass is 9.62. The van der Waals surface area contributed by atoms with Crippen molar-refractivity contribution in [1.29, 1.82) is 0 Å². The van der Waals surface area contributed by atoms with Gasteiger partial charge in [-0.1, -0.05) is 37.6 Å². The van der Waals surface area contributed by atoms with E-state index in [1.54, 1.807) is 12.1 Å². The number of carbonyl (C=O) groups is 3. The summed E-state index contributed by atoms with van der Waals surface area (Å²) in [6.07, 6.45) is 1.24. The topological polar surface area (TPSA) is 108 Å². The van der Waals surface area contributed by atoms with Gasteiger partial charge < -0.3 is 25.4 Å². The Morgan fingerprint density at radius 3 is 2.70 bits per heavy atom. The Bertz CT molecular complexity index is 967. The zero-order valence-electron chi connectivity index (χ0n) is 19.5. The van der Waals surface area contributed by atoms with Gasteiger partial charge in [0.25, 0.3) is 0 Å². The van der Waals surface area contributed by atoms with Gasteiger partial charge >= 0.3 is 0 Å². The molecule has 9 heteroatoms. The highest BCUT2D eigenvalue weighted by Crippen LogP contribution is 2.65. The number of anilines is 1. The Labute approximate surface area is 199 Å². The van der Waals surface area contributed by atoms with Gasteiger partial charge in [-0.25, -0.2) is 0 Å². The Hall–Kier alpha value is -2.16. The molecule has 3 N–H and O–H groups in total. The lowest BCUT2D eigenvalue weighted by Gasteiger charge is -2.36. The minimum atomic E-state index is -1.14. The van der Waals surface area contributed by atoms with E-state index in [2.05, 4.69) is 10.6 Å². The number of aliphatic hydroxyl groups is 1. The Morgan fingerprint density at radius 1 is 1.33 bits per heavy atom. The van der Waals surface area contributed by atoms with Gasteiger partial charge in [-0.3, -0.25) is 14.4 Å². The zero-order valence-corrected chi connectivity index (χ0v) is 20.2. The fraction of sp³-hybridized carbons (Fsp3) is 0.625. The highest BCUT2D eigenvalue weighted by molar-refractivity contribution is 6.34. The average molecular weight is 478 g/mol. The fourth-order valence-electron chi connectivity index (χ4n) is 6.13. The van der Waals surface area contributed by atoms with Crippen LogP contribution in [-0.4, -0.2) is 64.7 Å². The van der Waals surface area contributed by atoms with Crippen molar-refractivity contribution in [3.8, 4) is 0 Å². The molecule has 0 aliphatic carbocycles. The Morgan fingerprint density at radius 2 is 2.06 bits per heavy atom. The predicted molar refractivity (Wildman–Crippen MR) is 124 cm³/mol. The van der Waals surface area contributed by atoms with E-state index in [1.807, 2.05) is 33.8 Å². The number of likely N-dealkylation sites (tertiary alicyclic amines) is 1. The number of nitrogens with one attached hydrogen (secondary N) is 2. The molecule has 33 heavy (non-hydrogen) atoms.